The van der Waals surface area contributed by atoms with Crippen LogP contribution in [0.4, 0.5) is 10.1 Å². The van der Waals surface area contributed by atoms with Crippen molar-refractivity contribution in [2.75, 3.05) is 5.32 Å². The van der Waals surface area contributed by atoms with E-state index in [2.05, 4.69) is 10.3 Å². The Hall–Kier alpha value is -2.17. The molecule has 1 N–H and O–H groups in total. The average molecular weight is 289 g/mol. The van der Waals surface area contributed by atoms with Gasteiger partial charge < -0.3 is 5.32 Å². The third-order valence-electron chi connectivity index (χ3n) is 3.06. The van der Waals surface area contributed by atoms with E-state index in [4.69, 9.17) is 0 Å². The molecule has 0 fully saturated rings. The lowest BCUT2D eigenvalue weighted by Gasteiger charge is -2.25. The highest BCUT2D eigenvalue weighted by molar-refractivity contribution is 5.43. The second-order valence-corrected chi connectivity index (χ2v) is 6.02. The Morgan fingerprint density at radius 1 is 1.29 bits per heavy atom. The number of aryl methyl sites for hydroxylation is 1. The van der Waals surface area contributed by atoms with Gasteiger partial charge >= 0.3 is 0 Å². The van der Waals surface area contributed by atoms with Crippen LogP contribution in [0.15, 0.2) is 35.1 Å². The van der Waals surface area contributed by atoms with Gasteiger partial charge in [0.1, 0.15) is 11.6 Å². The van der Waals surface area contributed by atoms with E-state index in [0.29, 0.717) is 23.8 Å². The highest BCUT2D eigenvalue weighted by Crippen LogP contribution is 2.15. The van der Waals surface area contributed by atoms with E-state index in [1.165, 1.54) is 18.2 Å². The molecule has 0 radical (unpaired) electrons. The van der Waals surface area contributed by atoms with Gasteiger partial charge in [0.2, 0.25) is 0 Å². The van der Waals surface area contributed by atoms with E-state index < -0.39 is 0 Å². The van der Waals surface area contributed by atoms with Gasteiger partial charge in [-0.25, -0.2) is 9.37 Å². The fraction of sp³-hybridized carbons (Fsp3) is 0.375. The zero-order chi connectivity index (χ0) is 15.6. The van der Waals surface area contributed by atoms with Crippen molar-refractivity contribution in [3.8, 4) is 0 Å². The number of nitrogens with one attached hydrogen (secondary N) is 1. The van der Waals surface area contributed by atoms with Crippen molar-refractivity contribution in [2.24, 2.45) is 0 Å². The molecule has 21 heavy (non-hydrogen) atoms. The maximum absolute atomic E-state index is 13.2. The Labute approximate surface area is 123 Å². The lowest BCUT2D eigenvalue weighted by atomic mass is 10.1. The van der Waals surface area contributed by atoms with Gasteiger partial charge in [0.25, 0.3) is 5.56 Å². The molecule has 4 nitrogen and oxygen atoms in total. The Kier molecular flexibility index (Phi) is 4.11. The van der Waals surface area contributed by atoms with Gasteiger partial charge in [0.15, 0.2) is 0 Å². The Balaban J connectivity index is 2.33. The van der Waals surface area contributed by atoms with Crippen molar-refractivity contribution >= 4 is 5.69 Å². The molecule has 1 aromatic heterocycles. The molecule has 0 saturated heterocycles. The maximum Gasteiger partial charge on any atom is 0.254 e. The topological polar surface area (TPSA) is 46.9 Å². The number of nitrogens with zero attached hydrogens (tertiary/aromatic N) is 2. The second kappa shape index (κ2) is 5.68. The summed E-state index contributed by atoms with van der Waals surface area (Å²) >= 11 is 0. The Morgan fingerprint density at radius 3 is 2.62 bits per heavy atom. The van der Waals surface area contributed by atoms with Crippen molar-refractivity contribution < 1.29 is 4.39 Å². The van der Waals surface area contributed by atoms with Crippen LogP contribution in [0.1, 0.15) is 32.3 Å². The normalized spacial score (nSPS) is 11.5. The summed E-state index contributed by atoms with van der Waals surface area (Å²) in [6, 6.07) is 7.74. The van der Waals surface area contributed by atoms with Crippen molar-refractivity contribution in [3.63, 3.8) is 0 Å². The first-order valence-electron chi connectivity index (χ1n) is 6.87. The number of aromatic nitrogens is 2. The fourth-order valence-corrected chi connectivity index (χ4v) is 2.27. The summed E-state index contributed by atoms with van der Waals surface area (Å²) in [5, 5.41) is 3.11. The lowest BCUT2D eigenvalue weighted by Crippen LogP contribution is -2.37. The van der Waals surface area contributed by atoms with Crippen LogP contribution in [0.3, 0.4) is 0 Å². The molecule has 0 amide bonds. The van der Waals surface area contributed by atoms with Crippen molar-refractivity contribution in [1.29, 1.82) is 0 Å². The highest BCUT2D eigenvalue weighted by Gasteiger charge is 2.19. The van der Waals surface area contributed by atoms with Gasteiger partial charge in [-0.2, -0.15) is 0 Å². The van der Waals surface area contributed by atoms with Gasteiger partial charge in [0.05, 0.1) is 6.54 Å². The molecule has 0 aliphatic heterocycles. The zero-order valence-corrected chi connectivity index (χ0v) is 12.8. The zero-order valence-electron chi connectivity index (χ0n) is 12.8. The van der Waals surface area contributed by atoms with Gasteiger partial charge in [-0.05, 0) is 45.9 Å². The Bertz CT molecular complexity index is 701. The minimum Gasteiger partial charge on any atom is -0.378 e. The van der Waals surface area contributed by atoms with E-state index in [1.807, 2.05) is 20.8 Å². The van der Waals surface area contributed by atoms with Crippen LogP contribution in [0.25, 0.3) is 0 Å². The number of rotatable bonds is 3. The standard InChI is InChI=1S/C16H20FN3O/c1-11-8-15(21)20(16(2,3)4)14(19-11)10-18-13-7-5-6-12(17)9-13/h5-9,18H,10H2,1-4H3. The first-order valence-corrected chi connectivity index (χ1v) is 6.87. The van der Waals surface area contributed by atoms with E-state index in [9.17, 15) is 9.18 Å². The summed E-state index contributed by atoms with van der Waals surface area (Å²) in [7, 11) is 0. The molecular weight excluding hydrogens is 269 g/mol. The summed E-state index contributed by atoms with van der Waals surface area (Å²) < 4.78 is 14.8. The third-order valence-corrected chi connectivity index (χ3v) is 3.06. The molecule has 1 aromatic carbocycles. The molecule has 0 bridgehead atoms. The van der Waals surface area contributed by atoms with E-state index in [0.717, 1.165) is 0 Å². The number of halogens is 1. The van der Waals surface area contributed by atoms with Crippen LogP contribution >= 0.6 is 0 Å². The van der Waals surface area contributed by atoms with E-state index in [1.54, 1.807) is 23.6 Å². The largest absolute Gasteiger partial charge is 0.378 e. The quantitative estimate of drug-likeness (QED) is 0.944. The molecule has 0 atom stereocenters. The van der Waals surface area contributed by atoms with Crippen molar-refractivity contribution in [3.05, 3.63) is 58.0 Å². The number of anilines is 1. The molecule has 1 heterocycles. The van der Waals surface area contributed by atoms with Crippen LogP contribution in [0.2, 0.25) is 0 Å². The monoisotopic (exact) mass is 289 g/mol. The van der Waals surface area contributed by atoms with Gasteiger partial charge in [-0.1, -0.05) is 6.07 Å². The first-order chi connectivity index (χ1) is 9.77. The van der Waals surface area contributed by atoms with Gasteiger partial charge in [-0.15, -0.1) is 0 Å². The first kappa shape index (κ1) is 15.2. The molecule has 0 saturated carbocycles. The molecule has 112 valence electrons. The minimum atomic E-state index is -0.364. The number of benzene rings is 1. The van der Waals surface area contributed by atoms with Crippen molar-refractivity contribution in [1.82, 2.24) is 9.55 Å². The Morgan fingerprint density at radius 2 is 2.00 bits per heavy atom. The van der Waals surface area contributed by atoms with Crippen molar-refractivity contribution in [2.45, 2.75) is 39.8 Å². The van der Waals surface area contributed by atoms with Gasteiger partial charge in [0, 0.05) is 23.0 Å². The second-order valence-electron chi connectivity index (χ2n) is 6.02. The van der Waals surface area contributed by atoms with E-state index >= 15 is 0 Å². The molecule has 2 rings (SSSR count). The summed E-state index contributed by atoms with van der Waals surface area (Å²) in [6.07, 6.45) is 0. The lowest BCUT2D eigenvalue weighted by molar-refractivity contribution is 0.364. The van der Waals surface area contributed by atoms with E-state index in [-0.39, 0.29) is 16.9 Å². The molecule has 0 spiro atoms. The van der Waals surface area contributed by atoms with Crippen LogP contribution < -0.4 is 10.9 Å². The number of hydrogen-bond donors (Lipinski definition) is 1. The predicted molar refractivity (Wildman–Crippen MR) is 82.0 cm³/mol. The fourth-order valence-electron chi connectivity index (χ4n) is 2.27. The summed E-state index contributed by atoms with van der Waals surface area (Å²) in [6.45, 7) is 8.02. The SMILES string of the molecule is Cc1cc(=O)n(C(C)(C)C)c(CNc2cccc(F)c2)n1. The summed E-state index contributed by atoms with van der Waals surface area (Å²) in [5.41, 5.74) is 0.894. The summed E-state index contributed by atoms with van der Waals surface area (Å²) in [4.78, 5) is 16.7. The molecule has 5 heteroatoms. The summed E-state index contributed by atoms with van der Waals surface area (Å²) in [5.74, 6) is 0.335. The maximum atomic E-state index is 13.2. The minimum absolute atomic E-state index is 0.0777. The number of hydrogen-bond acceptors (Lipinski definition) is 3. The predicted octanol–water partition coefficient (Wildman–Crippen LogP) is 3.06. The van der Waals surface area contributed by atoms with Crippen LogP contribution in [-0.4, -0.2) is 9.55 Å². The molecule has 2 aromatic rings. The smallest absolute Gasteiger partial charge is 0.254 e. The molecule has 0 aliphatic carbocycles. The average Bonchev–Trinajstić information content (AvgIpc) is 2.33. The van der Waals surface area contributed by atoms with Crippen LogP contribution in [0.5, 0.6) is 0 Å². The highest BCUT2D eigenvalue weighted by atomic mass is 19.1. The third kappa shape index (κ3) is 3.68. The van der Waals surface area contributed by atoms with Crippen LogP contribution in [-0.2, 0) is 12.1 Å². The molecule has 0 aliphatic rings. The molecular formula is C16H20FN3O. The van der Waals surface area contributed by atoms with Crippen LogP contribution in [0, 0.1) is 12.7 Å². The van der Waals surface area contributed by atoms with Gasteiger partial charge in [-0.3, -0.25) is 9.36 Å². The molecule has 0 unspecified atom stereocenters.